The second kappa shape index (κ2) is 18.4. The van der Waals surface area contributed by atoms with Gasteiger partial charge in [-0.2, -0.15) is 5.26 Å². The largest absolute Gasteiger partial charge is 0.508 e. The van der Waals surface area contributed by atoms with Crippen LogP contribution >= 0.6 is 0 Å². The fourth-order valence-corrected chi connectivity index (χ4v) is 9.07. The van der Waals surface area contributed by atoms with Crippen LogP contribution in [0.4, 0.5) is 0 Å². The number of carbonyl (C=O) groups excluding carboxylic acids is 1. The van der Waals surface area contributed by atoms with Crippen molar-refractivity contribution in [3.8, 4) is 17.6 Å². The second-order valence-electron chi connectivity index (χ2n) is 14.9. The van der Waals surface area contributed by atoms with Crippen molar-refractivity contribution in [2.75, 3.05) is 33.0 Å². The number of aliphatic hydroxyl groups is 2. The summed E-state index contributed by atoms with van der Waals surface area (Å²) in [6.45, 7) is 7.37. The number of phenols is 1. The molecule has 7 atom stereocenters. The van der Waals surface area contributed by atoms with E-state index in [1.807, 2.05) is 11.8 Å². The third-order valence-electron chi connectivity index (χ3n) is 11.4. The summed E-state index contributed by atoms with van der Waals surface area (Å²) in [7, 11) is 0. The van der Waals surface area contributed by atoms with Crippen LogP contribution < -0.4 is 4.74 Å². The zero-order chi connectivity index (χ0) is 38.1. The minimum Gasteiger partial charge on any atom is -0.508 e. The molecule has 2 aliphatic heterocycles. The van der Waals surface area contributed by atoms with Gasteiger partial charge in [0.2, 0.25) is 12.1 Å². The molecule has 4 aliphatic rings. The maximum absolute atomic E-state index is 14.7. The van der Waals surface area contributed by atoms with Crippen molar-refractivity contribution >= 4 is 11.6 Å². The van der Waals surface area contributed by atoms with E-state index in [0.29, 0.717) is 55.0 Å². The van der Waals surface area contributed by atoms with Gasteiger partial charge in [0.05, 0.1) is 36.5 Å². The van der Waals surface area contributed by atoms with E-state index < -0.39 is 24.0 Å². The van der Waals surface area contributed by atoms with Gasteiger partial charge in [0, 0.05) is 49.6 Å². The number of benzene rings is 2. The Hall–Kier alpha value is -4.21. The number of unbranched alkanes of at least 4 members (excludes halogenated alkanes) is 2. The molecule has 0 bridgehead atoms. The van der Waals surface area contributed by atoms with Crippen LogP contribution in [0.1, 0.15) is 105 Å². The van der Waals surface area contributed by atoms with Crippen molar-refractivity contribution < 1.29 is 39.2 Å². The first kappa shape index (κ1) is 39.5. The van der Waals surface area contributed by atoms with E-state index in [2.05, 4.69) is 18.7 Å². The highest BCUT2D eigenvalue weighted by atomic mass is 16.8. The number of oxime groups is 1. The predicted octanol–water partition coefficient (Wildman–Crippen LogP) is 6.98. The van der Waals surface area contributed by atoms with Crippen LogP contribution in [-0.2, 0) is 14.3 Å². The van der Waals surface area contributed by atoms with Crippen molar-refractivity contribution in [2.45, 2.75) is 102 Å². The van der Waals surface area contributed by atoms with Crippen LogP contribution in [0.3, 0.4) is 0 Å². The minimum atomic E-state index is -1.39. The van der Waals surface area contributed by atoms with Gasteiger partial charge in [0.25, 0.3) is 5.91 Å². The molecule has 2 heterocycles. The molecular formula is C43H55N3O8. The summed E-state index contributed by atoms with van der Waals surface area (Å²) in [5.74, 6) is -1.46. The molecule has 0 spiro atoms. The molecule has 1 saturated heterocycles. The fraction of sp³-hybridized carbons (Fsp3) is 0.558. The highest BCUT2D eigenvalue weighted by molar-refractivity contribution is 6.03. The molecular weight excluding hydrogens is 686 g/mol. The van der Waals surface area contributed by atoms with Crippen LogP contribution in [0.15, 0.2) is 71.9 Å². The molecule has 2 aromatic rings. The Morgan fingerprint density at radius 2 is 1.89 bits per heavy atom. The number of aliphatic hydroxyl groups excluding tert-OH is 2. The number of allylic oxidation sites excluding steroid dienone is 1. The molecule has 11 heteroatoms. The van der Waals surface area contributed by atoms with Gasteiger partial charge >= 0.3 is 0 Å². The van der Waals surface area contributed by atoms with Crippen molar-refractivity contribution in [2.24, 2.45) is 22.9 Å². The number of nitriles is 1. The van der Waals surface area contributed by atoms with Crippen LogP contribution in [0, 0.1) is 29.1 Å². The topological polar surface area (TPSA) is 154 Å². The molecule has 0 radical (unpaired) electrons. The molecule has 1 amide bonds. The number of fused-ring (bicyclic) bond motifs is 2. The fourth-order valence-electron chi connectivity index (χ4n) is 9.07. The highest BCUT2D eigenvalue weighted by Crippen LogP contribution is 2.62. The number of carbonyl (C=O) groups is 1. The molecule has 2 aromatic carbocycles. The minimum absolute atomic E-state index is 0.0524. The average Bonchev–Trinajstić information content (AvgIpc) is 3.20. The number of aromatic hydroxyl groups is 1. The van der Waals surface area contributed by atoms with Gasteiger partial charge < -0.3 is 39.3 Å². The lowest BCUT2D eigenvalue weighted by molar-refractivity contribution is -0.254. The first-order valence-corrected chi connectivity index (χ1v) is 19.7. The molecule has 54 heavy (non-hydrogen) atoms. The van der Waals surface area contributed by atoms with Gasteiger partial charge in [-0.3, -0.25) is 4.79 Å². The lowest BCUT2D eigenvalue weighted by Gasteiger charge is -2.60. The Kier molecular flexibility index (Phi) is 13.5. The van der Waals surface area contributed by atoms with Crippen LogP contribution in [-0.4, -0.2) is 82.9 Å². The van der Waals surface area contributed by atoms with Gasteiger partial charge in [0.15, 0.2) is 0 Å². The van der Waals surface area contributed by atoms with E-state index in [9.17, 15) is 25.4 Å². The highest BCUT2D eigenvalue weighted by Gasteiger charge is 2.65. The van der Waals surface area contributed by atoms with Gasteiger partial charge in [-0.1, -0.05) is 37.1 Å². The molecule has 2 fully saturated rings. The van der Waals surface area contributed by atoms with Crippen LogP contribution in [0.25, 0.3) is 0 Å². The third-order valence-corrected chi connectivity index (χ3v) is 11.4. The first-order chi connectivity index (χ1) is 26.4. The van der Waals surface area contributed by atoms with E-state index in [1.54, 1.807) is 48.5 Å². The number of amides is 1. The Morgan fingerprint density at radius 3 is 2.57 bits per heavy atom. The molecule has 1 saturated carbocycles. The average molecular weight is 742 g/mol. The maximum atomic E-state index is 14.7. The molecule has 2 aliphatic carbocycles. The maximum Gasteiger partial charge on any atom is 0.254 e. The summed E-state index contributed by atoms with van der Waals surface area (Å²) in [4.78, 5) is 22.8. The number of hydrogen-bond acceptors (Lipinski definition) is 10. The van der Waals surface area contributed by atoms with Gasteiger partial charge in [0.1, 0.15) is 17.5 Å². The van der Waals surface area contributed by atoms with Crippen molar-refractivity contribution in [1.29, 1.82) is 5.26 Å². The zero-order valence-electron chi connectivity index (χ0n) is 31.4. The van der Waals surface area contributed by atoms with Crippen molar-refractivity contribution in [1.82, 2.24) is 4.90 Å². The van der Waals surface area contributed by atoms with E-state index in [0.717, 1.165) is 56.1 Å². The number of hydrogen-bond donors (Lipinski definition) is 3. The van der Waals surface area contributed by atoms with Gasteiger partial charge in [-0.15, -0.1) is 6.58 Å². The molecule has 11 nitrogen and oxygen atoms in total. The first-order valence-electron chi connectivity index (χ1n) is 19.7. The van der Waals surface area contributed by atoms with Crippen molar-refractivity contribution in [3.63, 3.8) is 0 Å². The number of nitrogens with zero attached hydrogens (tertiary/aromatic N) is 3. The smallest absolute Gasteiger partial charge is 0.254 e. The van der Waals surface area contributed by atoms with E-state index >= 15 is 0 Å². The number of ether oxygens (including phenoxy) is 3. The Balaban J connectivity index is 1.58. The molecule has 7 unspecified atom stereocenters. The molecule has 290 valence electrons. The lowest BCUT2D eigenvalue weighted by atomic mass is 9.55. The Bertz CT molecular complexity index is 1700. The van der Waals surface area contributed by atoms with Crippen LogP contribution in [0.5, 0.6) is 11.5 Å². The Morgan fingerprint density at radius 1 is 1.11 bits per heavy atom. The van der Waals surface area contributed by atoms with Crippen molar-refractivity contribution in [3.05, 3.63) is 83.5 Å². The molecule has 0 aromatic heterocycles. The number of phenolic OH excluding ortho intramolecular Hbond substituents is 1. The zero-order valence-corrected chi connectivity index (χ0v) is 31.4. The summed E-state index contributed by atoms with van der Waals surface area (Å²) in [5, 5.41) is 44.9. The van der Waals surface area contributed by atoms with Crippen LogP contribution in [0.2, 0.25) is 0 Å². The van der Waals surface area contributed by atoms with E-state index in [1.165, 1.54) is 0 Å². The standard InChI is InChI=1S/C43H55N3O8/c1-3-20-46(42(50)30-16-14-29(28-44)15-17-30)38-27-36(45-54-39-13-7-10-24-51-39)34-25-31(11-5-8-21-47)33(12-6-9-22-48)40-35-26-32(49)18-19-37(35)53-43(38,41(34)40)52-23-4-2/h4,14-19,25-26,31,33,38-41,47-49H,2-3,5-13,20-24,27H2,1H3. The summed E-state index contributed by atoms with van der Waals surface area (Å²) < 4.78 is 20.1. The summed E-state index contributed by atoms with van der Waals surface area (Å²) in [6, 6.07) is 13.3. The monoisotopic (exact) mass is 741 g/mol. The Labute approximate surface area is 318 Å². The van der Waals surface area contributed by atoms with E-state index in [4.69, 9.17) is 24.2 Å². The number of rotatable bonds is 17. The normalized spacial score (nSPS) is 27.8. The quantitative estimate of drug-likeness (QED) is 0.0886. The summed E-state index contributed by atoms with van der Waals surface area (Å²) in [6.07, 6.45) is 11.7. The summed E-state index contributed by atoms with van der Waals surface area (Å²) >= 11 is 0. The summed E-state index contributed by atoms with van der Waals surface area (Å²) in [5.41, 5.74) is 3.40. The predicted molar refractivity (Wildman–Crippen MR) is 204 cm³/mol. The SMILES string of the molecule is C=CCOC12Oc3ccc(O)cc3C3C(CCCCO)C(CCCCO)C=C(C(=NOC4CCCCO4)CC1N(CCC)C(=O)c1ccc(C#N)cc1)C32. The van der Waals surface area contributed by atoms with Gasteiger partial charge in [-0.25, -0.2) is 0 Å². The third kappa shape index (κ3) is 8.22. The second-order valence-corrected chi connectivity index (χ2v) is 14.9. The molecule has 6 rings (SSSR count). The van der Waals surface area contributed by atoms with E-state index in [-0.39, 0.29) is 55.7 Å². The molecule has 3 N–H and O–H groups in total. The van der Waals surface area contributed by atoms with Gasteiger partial charge in [-0.05, 0) is 105 Å². The lowest BCUT2D eigenvalue weighted by Crippen LogP contribution is -2.70.